The molecule has 6 N–H and O–H groups in total. The fourth-order valence-electron chi connectivity index (χ4n) is 3.19. The minimum absolute atomic E-state index is 0. The monoisotopic (exact) mass is 408 g/mol. The van der Waals surface area contributed by atoms with Crippen LogP contribution in [0.4, 0.5) is 11.6 Å². The molecule has 0 unspecified atom stereocenters. The van der Waals surface area contributed by atoms with Gasteiger partial charge in [0.15, 0.2) is 0 Å². The summed E-state index contributed by atoms with van der Waals surface area (Å²) in [7, 11) is 0. The molecule has 3 aromatic rings. The molecule has 0 radical (unpaired) electrons. The van der Waals surface area contributed by atoms with E-state index in [4.69, 9.17) is 21.6 Å². The van der Waals surface area contributed by atoms with Crippen molar-refractivity contribution >= 4 is 30.8 Å². The molecule has 8 heteroatoms. The summed E-state index contributed by atoms with van der Waals surface area (Å²) in [6, 6.07) is 17.3. The van der Waals surface area contributed by atoms with E-state index in [1.54, 1.807) is 0 Å². The predicted molar refractivity (Wildman–Crippen MR) is 120 cm³/mol. The largest absolute Gasteiger partial charge is 0.457 e. The van der Waals surface area contributed by atoms with Crippen LogP contribution in [0.15, 0.2) is 60.9 Å². The van der Waals surface area contributed by atoms with E-state index in [1.807, 2.05) is 54.6 Å². The third-order valence-electron chi connectivity index (χ3n) is 4.76. The van der Waals surface area contributed by atoms with Crippen LogP contribution < -0.4 is 21.5 Å². The van der Waals surface area contributed by atoms with Crippen LogP contribution in [-0.4, -0.2) is 27.8 Å². The van der Waals surface area contributed by atoms with E-state index in [1.165, 1.54) is 6.33 Å². The highest BCUT2D eigenvalue weighted by molar-refractivity contribution is 7.59. The number of anilines is 2. The van der Waals surface area contributed by atoms with Gasteiger partial charge in [0.2, 0.25) is 0 Å². The van der Waals surface area contributed by atoms with Gasteiger partial charge in [0.25, 0.3) is 0 Å². The van der Waals surface area contributed by atoms with Gasteiger partial charge >= 0.3 is 0 Å². The van der Waals surface area contributed by atoms with Crippen LogP contribution in [0.25, 0.3) is 0 Å². The highest BCUT2D eigenvalue weighted by atomic mass is 32.1. The molecule has 1 aliphatic rings. The van der Waals surface area contributed by atoms with Crippen LogP contribution in [0.1, 0.15) is 24.0 Å². The minimum Gasteiger partial charge on any atom is -0.457 e. The number of hydrogen-bond donors (Lipinski definition) is 4. The quantitative estimate of drug-likeness (QED) is 0.464. The van der Waals surface area contributed by atoms with E-state index < -0.39 is 0 Å². The van der Waals surface area contributed by atoms with E-state index >= 15 is 0 Å². The Labute approximate surface area is 176 Å². The van der Waals surface area contributed by atoms with Gasteiger partial charge in [0, 0.05) is 17.6 Å². The predicted octanol–water partition coefficient (Wildman–Crippen LogP) is 3.28. The Morgan fingerprint density at radius 1 is 1.00 bits per heavy atom. The molecule has 0 bridgehead atoms. The summed E-state index contributed by atoms with van der Waals surface area (Å²) in [4.78, 5) is 8.36. The Bertz CT molecular complexity index is 974. The SMILES string of the molecule is N=C(c1ccc(Oc2ccccc2)cc1)c1c(N)ncnc1NC1CC(N)C1.S. The van der Waals surface area contributed by atoms with E-state index in [-0.39, 0.29) is 37.1 Å². The molecule has 1 aromatic heterocycles. The summed E-state index contributed by atoms with van der Waals surface area (Å²) in [5.74, 6) is 2.30. The van der Waals surface area contributed by atoms with Gasteiger partial charge in [-0.25, -0.2) is 9.97 Å². The smallest absolute Gasteiger partial charge is 0.141 e. The van der Waals surface area contributed by atoms with Crippen LogP contribution in [-0.2, 0) is 0 Å². The van der Waals surface area contributed by atoms with Crippen molar-refractivity contribution in [1.82, 2.24) is 9.97 Å². The highest BCUT2D eigenvalue weighted by Crippen LogP contribution is 2.28. The maximum Gasteiger partial charge on any atom is 0.141 e. The number of nitrogens with zero attached hydrogens (tertiary/aromatic N) is 2. The summed E-state index contributed by atoms with van der Waals surface area (Å²) in [6.07, 6.45) is 3.16. The molecule has 1 saturated carbocycles. The summed E-state index contributed by atoms with van der Waals surface area (Å²) in [6.45, 7) is 0. The fraction of sp³-hybridized carbons (Fsp3) is 0.190. The lowest BCUT2D eigenvalue weighted by Crippen LogP contribution is -2.44. The molecule has 7 nitrogen and oxygen atoms in total. The number of nitrogens with two attached hydrogens (primary N) is 2. The summed E-state index contributed by atoms with van der Waals surface area (Å²) < 4.78 is 5.81. The van der Waals surface area contributed by atoms with Gasteiger partial charge in [-0.1, -0.05) is 18.2 Å². The fourth-order valence-corrected chi connectivity index (χ4v) is 3.19. The Balaban J connectivity index is 0.00000240. The molecular formula is C21H24N6OS. The molecule has 0 atom stereocenters. The summed E-state index contributed by atoms with van der Waals surface area (Å²) in [5.41, 5.74) is 13.4. The third kappa shape index (κ3) is 4.67. The van der Waals surface area contributed by atoms with Crippen molar-refractivity contribution in [3.8, 4) is 11.5 Å². The maximum absolute atomic E-state index is 8.64. The van der Waals surface area contributed by atoms with Gasteiger partial charge in [0.1, 0.15) is 29.5 Å². The average molecular weight is 409 g/mol. The molecule has 1 fully saturated rings. The van der Waals surface area contributed by atoms with Crippen LogP contribution in [0.2, 0.25) is 0 Å². The molecule has 150 valence electrons. The minimum atomic E-state index is 0. The van der Waals surface area contributed by atoms with Crippen molar-refractivity contribution in [3.05, 3.63) is 72.1 Å². The van der Waals surface area contributed by atoms with Crippen LogP contribution in [0.3, 0.4) is 0 Å². The first kappa shape index (κ1) is 20.6. The summed E-state index contributed by atoms with van der Waals surface area (Å²) in [5, 5.41) is 12.0. The van der Waals surface area contributed by atoms with Crippen molar-refractivity contribution < 1.29 is 4.74 Å². The Morgan fingerprint density at radius 2 is 1.66 bits per heavy atom. The molecule has 4 rings (SSSR count). The van der Waals surface area contributed by atoms with E-state index in [2.05, 4.69) is 15.3 Å². The van der Waals surface area contributed by atoms with Gasteiger partial charge in [0.05, 0.1) is 11.3 Å². The van der Waals surface area contributed by atoms with E-state index in [0.717, 1.165) is 18.6 Å². The lowest BCUT2D eigenvalue weighted by atomic mass is 9.87. The second-order valence-electron chi connectivity index (χ2n) is 6.87. The number of ether oxygens (including phenoxy) is 1. The van der Waals surface area contributed by atoms with E-state index in [0.29, 0.717) is 22.7 Å². The molecule has 1 heterocycles. The molecule has 2 aromatic carbocycles. The van der Waals surface area contributed by atoms with Gasteiger partial charge in [-0.15, -0.1) is 0 Å². The molecular weight excluding hydrogens is 384 g/mol. The van der Waals surface area contributed by atoms with Gasteiger partial charge in [-0.3, -0.25) is 5.41 Å². The van der Waals surface area contributed by atoms with Gasteiger partial charge < -0.3 is 21.5 Å². The van der Waals surface area contributed by atoms with Crippen molar-refractivity contribution in [1.29, 1.82) is 5.41 Å². The van der Waals surface area contributed by atoms with Gasteiger partial charge in [-0.05, 0) is 49.2 Å². The first-order valence-electron chi connectivity index (χ1n) is 9.15. The van der Waals surface area contributed by atoms with Crippen LogP contribution in [0, 0.1) is 5.41 Å². The number of nitrogens with one attached hydrogen (secondary N) is 2. The Morgan fingerprint density at radius 3 is 2.31 bits per heavy atom. The zero-order valence-electron chi connectivity index (χ0n) is 15.8. The second kappa shape index (κ2) is 8.93. The first-order valence-corrected chi connectivity index (χ1v) is 9.15. The number of para-hydroxylation sites is 1. The average Bonchev–Trinajstić information content (AvgIpc) is 2.68. The number of aromatic nitrogens is 2. The third-order valence-corrected chi connectivity index (χ3v) is 4.76. The first-order chi connectivity index (χ1) is 13.6. The summed E-state index contributed by atoms with van der Waals surface area (Å²) >= 11 is 0. The van der Waals surface area contributed by atoms with Crippen molar-refractivity contribution in [2.24, 2.45) is 5.73 Å². The molecule has 0 aliphatic heterocycles. The zero-order valence-corrected chi connectivity index (χ0v) is 16.8. The standard InChI is InChI=1S/C21H22N6O.H2S/c22-14-10-15(11-14)27-21-18(20(24)25-12-26-21)19(23)13-6-8-17(9-7-13)28-16-4-2-1-3-5-16;/h1-9,12,14-15,23H,10-11,22H2,(H3,24,25,26,27);1H2. The number of hydrogen-bond acceptors (Lipinski definition) is 7. The van der Waals surface area contributed by atoms with Crippen LogP contribution in [0.5, 0.6) is 11.5 Å². The lowest BCUT2D eigenvalue weighted by Gasteiger charge is -2.33. The molecule has 1 aliphatic carbocycles. The van der Waals surface area contributed by atoms with E-state index in [9.17, 15) is 0 Å². The molecule has 29 heavy (non-hydrogen) atoms. The number of nitrogen functional groups attached to an aromatic ring is 1. The second-order valence-corrected chi connectivity index (χ2v) is 6.87. The van der Waals surface area contributed by atoms with Crippen molar-refractivity contribution in [3.63, 3.8) is 0 Å². The number of rotatable bonds is 6. The van der Waals surface area contributed by atoms with Crippen molar-refractivity contribution in [2.75, 3.05) is 11.1 Å². The van der Waals surface area contributed by atoms with Crippen molar-refractivity contribution in [2.45, 2.75) is 24.9 Å². The Kier molecular flexibility index (Phi) is 6.36. The highest BCUT2D eigenvalue weighted by Gasteiger charge is 2.27. The molecule has 0 spiro atoms. The normalized spacial score (nSPS) is 17.6. The number of benzene rings is 2. The zero-order chi connectivity index (χ0) is 19.5. The lowest BCUT2D eigenvalue weighted by molar-refractivity contribution is 0.373. The molecule has 0 amide bonds. The molecule has 0 saturated heterocycles. The van der Waals surface area contributed by atoms with Crippen LogP contribution >= 0.6 is 13.5 Å². The van der Waals surface area contributed by atoms with Gasteiger partial charge in [-0.2, -0.15) is 13.5 Å². The Hall–Kier alpha value is -3.10. The topological polar surface area (TPSA) is 123 Å². The maximum atomic E-state index is 8.64.